The van der Waals surface area contributed by atoms with Crippen LogP contribution in [0.3, 0.4) is 0 Å². The number of pyridine rings is 1. The first-order valence-electron chi connectivity index (χ1n) is 10.4. The van der Waals surface area contributed by atoms with E-state index in [1.165, 1.54) is 16.9 Å². The summed E-state index contributed by atoms with van der Waals surface area (Å²) in [4.78, 5) is 16.3. The Morgan fingerprint density at radius 1 is 1.29 bits per heavy atom. The van der Waals surface area contributed by atoms with Crippen molar-refractivity contribution >= 4 is 50.9 Å². The number of nitrogens with two attached hydrogens (primary N) is 1. The van der Waals surface area contributed by atoms with Gasteiger partial charge in [-0.05, 0) is 42.9 Å². The predicted octanol–water partition coefficient (Wildman–Crippen LogP) is 4.49. The van der Waals surface area contributed by atoms with Gasteiger partial charge in [0.15, 0.2) is 16.1 Å². The molecule has 0 aromatic carbocycles. The van der Waals surface area contributed by atoms with E-state index >= 15 is 0 Å². The fraction of sp³-hybridized carbons (Fsp3) is 0.381. The lowest BCUT2D eigenvalue weighted by atomic mass is 9.89. The van der Waals surface area contributed by atoms with Crippen LogP contribution in [0.5, 0.6) is 0 Å². The monoisotopic (exact) mass is 467 g/mol. The number of thioether (sulfide) groups is 2. The lowest BCUT2D eigenvalue weighted by Gasteiger charge is -2.17. The molecule has 7 nitrogen and oxygen atoms in total. The summed E-state index contributed by atoms with van der Waals surface area (Å²) >= 11 is 5.20. The first-order chi connectivity index (χ1) is 15.2. The molecule has 4 aromatic rings. The van der Waals surface area contributed by atoms with Gasteiger partial charge in [0.25, 0.3) is 0 Å². The van der Waals surface area contributed by atoms with Gasteiger partial charge < -0.3 is 5.73 Å². The topological polar surface area (TPSA) is 95.4 Å². The van der Waals surface area contributed by atoms with Crippen LogP contribution in [0.25, 0.3) is 21.6 Å². The average Bonchev–Trinajstić information content (AvgIpc) is 3.46. The Morgan fingerprint density at radius 3 is 3.10 bits per heavy atom. The third kappa shape index (κ3) is 3.41. The standard InChI is InChI=1S/C21H21N7S3/c1-11-4-5-14-15(7-11)31-19-16(14)17(22)24-20(25-19)29-9-13-10-30-21-27-26-18(28(13)21)12-3-2-6-23-8-12/h2-3,6,8,11,13H,4-5,7,9-10H2,1H3,(H2,22,24,25)/t11-,13+/m0/s1. The molecule has 0 amide bonds. The molecule has 158 valence electrons. The number of hydrogen-bond donors (Lipinski definition) is 1. The number of aryl methyl sites for hydroxylation is 1. The van der Waals surface area contributed by atoms with Crippen molar-refractivity contribution in [2.24, 2.45) is 5.92 Å². The van der Waals surface area contributed by atoms with Crippen LogP contribution in [0.4, 0.5) is 5.82 Å². The van der Waals surface area contributed by atoms with Crippen LogP contribution in [0.15, 0.2) is 34.8 Å². The van der Waals surface area contributed by atoms with Crippen LogP contribution < -0.4 is 5.73 Å². The van der Waals surface area contributed by atoms with E-state index < -0.39 is 0 Å². The Hall–Kier alpha value is -2.17. The van der Waals surface area contributed by atoms with Crippen molar-refractivity contribution in [2.45, 2.75) is 42.5 Å². The number of rotatable bonds is 4. The van der Waals surface area contributed by atoms with Crippen LogP contribution >= 0.6 is 34.9 Å². The molecule has 0 spiro atoms. The maximum Gasteiger partial charge on any atom is 0.191 e. The van der Waals surface area contributed by atoms with Crippen LogP contribution in [-0.4, -0.2) is 41.2 Å². The van der Waals surface area contributed by atoms with Gasteiger partial charge >= 0.3 is 0 Å². The van der Waals surface area contributed by atoms with Crippen molar-refractivity contribution in [3.8, 4) is 11.4 Å². The first-order valence-corrected chi connectivity index (χ1v) is 13.1. The number of hydrogen-bond acceptors (Lipinski definition) is 9. The van der Waals surface area contributed by atoms with E-state index in [0.29, 0.717) is 5.82 Å². The van der Waals surface area contributed by atoms with E-state index in [1.54, 1.807) is 41.1 Å². The molecule has 0 unspecified atom stereocenters. The quantitative estimate of drug-likeness (QED) is 0.346. The van der Waals surface area contributed by atoms with Gasteiger partial charge in [-0.3, -0.25) is 9.55 Å². The van der Waals surface area contributed by atoms with Crippen molar-refractivity contribution in [3.05, 3.63) is 35.0 Å². The summed E-state index contributed by atoms with van der Waals surface area (Å²) in [6, 6.07) is 4.22. The van der Waals surface area contributed by atoms with E-state index in [-0.39, 0.29) is 6.04 Å². The third-order valence-electron chi connectivity index (χ3n) is 5.92. The minimum absolute atomic E-state index is 0.271. The fourth-order valence-corrected chi connectivity index (χ4v) is 7.96. The largest absolute Gasteiger partial charge is 0.383 e. The van der Waals surface area contributed by atoms with Gasteiger partial charge in [-0.15, -0.1) is 21.5 Å². The van der Waals surface area contributed by atoms with Crippen LogP contribution in [0.2, 0.25) is 0 Å². The molecule has 2 atom stereocenters. The average molecular weight is 468 g/mol. The van der Waals surface area contributed by atoms with E-state index in [1.807, 2.05) is 18.3 Å². The third-order valence-corrected chi connectivity index (χ3v) is 9.15. The number of nitrogen functional groups attached to an aromatic ring is 1. The Morgan fingerprint density at radius 2 is 2.23 bits per heavy atom. The Labute approximate surface area is 192 Å². The number of fused-ring (bicyclic) bond motifs is 4. The Bertz CT molecular complexity index is 1270. The van der Waals surface area contributed by atoms with Gasteiger partial charge in [0.2, 0.25) is 0 Å². The highest BCUT2D eigenvalue weighted by atomic mass is 32.2. The van der Waals surface area contributed by atoms with Crippen molar-refractivity contribution in [2.75, 3.05) is 17.2 Å². The molecule has 2 aliphatic rings. The van der Waals surface area contributed by atoms with E-state index in [9.17, 15) is 0 Å². The molecule has 1 aliphatic heterocycles. The molecule has 2 N–H and O–H groups in total. The maximum absolute atomic E-state index is 6.41. The van der Waals surface area contributed by atoms with Gasteiger partial charge in [-0.25, -0.2) is 9.97 Å². The molecular weight excluding hydrogens is 446 g/mol. The minimum Gasteiger partial charge on any atom is -0.383 e. The van der Waals surface area contributed by atoms with Crippen molar-refractivity contribution in [1.82, 2.24) is 29.7 Å². The zero-order valence-electron chi connectivity index (χ0n) is 17.0. The highest BCUT2D eigenvalue weighted by molar-refractivity contribution is 8.00. The van der Waals surface area contributed by atoms with E-state index in [2.05, 4.69) is 31.7 Å². The molecule has 5 heterocycles. The number of aromatic nitrogens is 6. The second-order valence-corrected chi connectivity index (χ2v) is 11.2. The van der Waals surface area contributed by atoms with Crippen molar-refractivity contribution in [3.63, 3.8) is 0 Å². The summed E-state index contributed by atoms with van der Waals surface area (Å²) in [6.07, 6.45) is 7.04. The molecule has 6 rings (SSSR count). The molecular formula is C21H21N7S3. The Balaban J connectivity index is 1.26. The minimum atomic E-state index is 0.271. The van der Waals surface area contributed by atoms with Crippen LogP contribution in [-0.2, 0) is 12.8 Å². The van der Waals surface area contributed by atoms with E-state index in [4.69, 9.17) is 10.7 Å². The Kier molecular flexibility index (Phi) is 4.88. The maximum atomic E-state index is 6.41. The zero-order valence-corrected chi connectivity index (χ0v) is 19.4. The normalized spacial score (nSPS) is 20.2. The second kappa shape index (κ2) is 7.75. The second-order valence-electron chi connectivity index (χ2n) is 8.12. The summed E-state index contributed by atoms with van der Waals surface area (Å²) in [7, 11) is 0. The molecule has 1 aliphatic carbocycles. The molecule has 31 heavy (non-hydrogen) atoms. The van der Waals surface area contributed by atoms with Gasteiger partial charge in [0.05, 0.1) is 11.4 Å². The highest BCUT2D eigenvalue weighted by Crippen LogP contribution is 2.41. The van der Waals surface area contributed by atoms with Crippen molar-refractivity contribution in [1.29, 1.82) is 0 Å². The molecule has 0 saturated heterocycles. The summed E-state index contributed by atoms with van der Waals surface area (Å²) in [6.45, 7) is 2.32. The zero-order chi connectivity index (χ0) is 20.9. The molecule has 0 bridgehead atoms. The van der Waals surface area contributed by atoms with Gasteiger partial charge in [-0.1, -0.05) is 30.4 Å². The lowest BCUT2D eigenvalue weighted by molar-refractivity contribution is 0.509. The first kappa shape index (κ1) is 19.5. The smallest absolute Gasteiger partial charge is 0.191 e. The van der Waals surface area contributed by atoms with Crippen molar-refractivity contribution < 1.29 is 0 Å². The summed E-state index contributed by atoms with van der Waals surface area (Å²) in [5.41, 5.74) is 8.78. The van der Waals surface area contributed by atoms with Gasteiger partial charge in [0, 0.05) is 34.3 Å². The molecule has 0 fully saturated rings. The molecule has 0 radical (unpaired) electrons. The highest BCUT2D eigenvalue weighted by Gasteiger charge is 2.29. The summed E-state index contributed by atoms with van der Waals surface area (Å²) < 4.78 is 2.22. The summed E-state index contributed by atoms with van der Waals surface area (Å²) in [5, 5.41) is 11.6. The van der Waals surface area contributed by atoms with Gasteiger partial charge in [0.1, 0.15) is 10.6 Å². The van der Waals surface area contributed by atoms with Crippen LogP contribution in [0.1, 0.15) is 29.8 Å². The fourth-order valence-electron chi connectivity index (χ4n) is 4.35. The van der Waals surface area contributed by atoms with Gasteiger partial charge in [-0.2, -0.15) is 0 Å². The molecule has 0 saturated carbocycles. The number of nitrogens with zero attached hydrogens (tertiary/aromatic N) is 6. The predicted molar refractivity (Wildman–Crippen MR) is 127 cm³/mol. The van der Waals surface area contributed by atoms with E-state index in [0.717, 1.165) is 62.2 Å². The van der Waals surface area contributed by atoms with Crippen LogP contribution in [0, 0.1) is 5.92 Å². The lowest BCUT2D eigenvalue weighted by Crippen LogP contribution is -2.11. The molecule has 4 aromatic heterocycles. The summed E-state index contributed by atoms with van der Waals surface area (Å²) in [5.74, 6) is 4.04. The number of thiophene rings is 1. The SMILES string of the molecule is C[C@H]1CCc2c(sc3nc(SC[C@@H]4CSc5nnc(-c6cccnc6)n54)nc(N)c23)C1. The number of anilines is 1. The molecule has 10 heteroatoms.